The molecule has 1 N–H and O–H groups in total. The molecular formula is C14H19N3OS. The predicted octanol–water partition coefficient (Wildman–Crippen LogP) is 2.96. The molecule has 19 heavy (non-hydrogen) atoms. The van der Waals surface area contributed by atoms with Crippen LogP contribution in [-0.2, 0) is 6.42 Å². The number of hydrogen-bond donors (Lipinski definition) is 1. The third-order valence-corrected chi connectivity index (χ3v) is 4.86. The minimum Gasteiger partial charge on any atom is -0.333 e. The van der Waals surface area contributed by atoms with E-state index in [4.69, 9.17) is 4.52 Å². The smallest absolute Gasteiger partial charge is 0.268 e. The van der Waals surface area contributed by atoms with Gasteiger partial charge in [0.15, 0.2) is 5.82 Å². The van der Waals surface area contributed by atoms with E-state index in [1.807, 2.05) is 0 Å². The van der Waals surface area contributed by atoms with Crippen molar-refractivity contribution in [2.75, 3.05) is 13.1 Å². The third-order valence-electron chi connectivity index (χ3n) is 3.72. The number of thiophene rings is 1. The lowest BCUT2D eigenvalue weighted by Gasteiger charge is -2.20. The van der Waals surface area contributed by atoms with Gasteiger partial charge in [-0.3, -0.25) is 0 Å². The zero-order valence-electron chi connectivity index (χ0n) is 11.4. The predicted molar refractivity (Wildman–Crippen MR) is 76.4 cm³/mol. The van der Waals surface area contributed by atoms with Gasteiger partial charge in [-0.1, -0.05) is 5.16 Å². The number of nitrogens with zero attached hydrogens (tertiary/aromatic N) is 2. The molecule has 102 valence electrons. The molecule has 0 aliphatic carbocycles. The average Bonchev–Trinajstić information content (AvgIpc) is 2.99. The van der Waals surface area contributed by atoms with Crippen LogP contribution in [0.2, 0.25) is 0 Å². The Labute approximate surface area is 117 Å². The van der Waals surface area contributed by atoms with Crippen LogP contribution in [0.4, 0.5) is 0 Å². The molecule has 1 aliphatic rings. The lowest BCUT2D eigenvalue weighted by Crippen LogP contribution is -2.31. The van der Waals surface area contributed by atoms with Gasteiger partial charge in [0.1, 0.15) is 0 Å². The Hall–Kier alpha value is -1.20. The molecule has 2 aromatic heterocycles. The molecule has 0 bridgehead atoms. The average molecular weight is 277 g/mol. The lowest BCUT2D eigenvalue weighted by molar-refractivity contribution is 0.360. The molecule has 4 nitrogen and oxygen atoms in total. The molecule has 1 atom stereocenters. The summed E-state index contributed by atoms with van der Waals surface area (Å²) in [5.41, 5.74) is 1.29. The molecule has 0 saturated carbocycles. The summed E-state index contributed by atoms with van der Waals surface area (Å²) in [5, 5.41) is 7.54. The monoisotopic (exact) mass is 277 g/mol. The minimum atomic E-state index is 0.644. The van der Waals surface area contributed by atoms with Crippen LogP contribution in [0.5, 0.6) is 0 Å². The zero-order chi connectivity index (χ0) is 13.2. The van der Waals surface area contributed by atoms with Gasteiger partial charge >= 0.3 is 0 Å². The number of piperidine rings is 1. The van der Waals surface area contributed by atoms with Gasteiger partial charge in [0.2, 0.25) is 0 Å². The van der Waals surface area contributed by atoms with Gasteiger partial charge in [0.05, 0.1) is 4.88 Å². The van der Waals surface area contributed by atoms with Crippen LogP contribution < -0.4 is 5.32 Å². The van der Waals surface area contributed by atoms with Crippen molar-refractivity contribution in [3.63, 3.8) is 0 Å². The van der Waals surface area contributed by atoms with Crippen LogP contribution in [0.1, 0.15) is 29.1 Å². The molecule has 3 rings (SSSR count). The van der Waals surface area contributed by atoms with E-state index >= 15 is 0 Å². The molecule has 1 saturated heterocycles. The fourth-order valence-corrected chi connectivity index (χ4v) is 3.43. The van der Waals surface area contributed by atoms with Crippen molar-refractivity contribution in [1.29, 1.82) is 0 Å². The third kappa shape index (κ3) is 2.87. The second-order valence-electron chi connectivity index (χ2n) is 5.28. The molecular weight excluding hydrogens is 258 g/mol. The van der Waals surface area contributed by atoms with E-state index < -0.39 is 0 Å². The van der Waals surface area contributed by atoms with E-state index in [1.54, 1.807) is 11.3 Å². The molecule has 5 heteroatoms. The minimum absolute atomic E-state index is 0.644. The quantitative estimate of drug-likeness (QED) is 0.937. The second kappa shape index (κ2) is 5.43. The maximum absolute atomic E-state index is 5.39. The Morgan fingerprint density at radius 2 is 2.37 bits per heavy atom. The highest BCUT2D eigenvalue weighted by Gasteiger charge is 2.18. The first kappa shape index (κ1) is 12.8. The summed E-state index contributed by atoms with van der Waals surface area (Å²) >= 11 is 1.72. The molecule has 1 aliphatic heterocycles. The highest BCUT2D eigenvalue weighted by molar-refractivity contribution is 7.15. The first-order chi connectivity index (χ1) is 9.22. The molecule has 0 spiro atoms. The Morgan fingerprint density at radius 3 is 3.05 bits per heavy atom. The normalized spacial score (nSPS) is 19.8. The van der Waals surface area contributed by atoms with E-state index in [9.17, 15) is 0 Å². The summed E-state index contributed by atoms with van der Waals surface area (Å²) in [5.74, 6) is 2.15. The van der Waals surface area contributed by atoms with Gasteiger partial charge in [0, 0.05) is 11.3 Å². The molecule has 0 amide bonds. The van der Waals surface area contributed by atoms with Crippen LogP contribution in [0, 0.1) is 19.8 Å². The van der Waals surface area contributed by atoms with Crippen molar-refractivity contribution in [2.45, 2.75) is 33.1 Å². The fourth-order valence-electron chi connectivity index (χ4n) is 2.47. The van der Waals surface area contributed by atoms with Crippen molar-refractivity contribution in [3.8, 4) is 10.8 Å². The van der Waals surface area contributed by atoms with E-state index in [1.165, 1.54) is 23.3 Å². The van der Waals surface area contributed by atoms with Gasteiger partial charge in [-0.15, -0.1) is 11.3 Å². The van der Waals surface area contributed by atoms with Gasteiger partial charge in [-0.25, -0.2) is 0 Å². The molecule has 0 aromatic carbocycles. The highest BCUT2D eigenvalue weighted by Crippen LogP contribution is 2.29. The van der Waals surface area contributed by atoms with E-state index in [0.717, 1.165) is 30.2 Å². The number of rotatable bonds is 3. The Bertz CT molecular complexity index is 535. The number of nitrogens with one attached hydrogen (secondary N) is 1. The van der Waals surface area contributed by atoms with Crippen molar-refractivity contribution < 1.29 is 4.52 Å². The van der Waals surface area contributed by atoms with Crippen molar-refractivity contribution in [2.24, 2.45) is 5.92 Å². The van der Waals surface area contributed by atoms with Crippen LogP contribution >= 0.6 is 11.3 Å². The molecule has 2 aromatic rings. The van der Waals surface area contributed by atoms with Gasteiger partial charge in [-0.05, 0) is 57.3 Å². The first-order valence-corrected chi connectivity index (χ1v) is 7.65. The van der Waals surface area contributed by atoms with Crippen LogP contribution in [0.3, 0.4) is 0 Å². The summed E-state index contributed by atoms with van der Waals surface area (Å²) in [6, 6.07) is 2.12. The first-order valence-electron chi connectivity index (χ1n) is 6.83. The summed E-state index contributed by atoms with van der Waals surface area (Å²) in [6.45, 7) is 6.44. The maximum Gasteiger partial charge on any atom is 0.268 e. The van der Waals surface area contributed by atoms with E-state index in [0.29, 0.717) is 11.8 Å². The summed E-state index contributed by atoms with van der Waals surface area (Å²) in [6.07, 6.45) is 3.42. The fraction of sp³-hybridized carbons (Fsp3) is 0.571. The Kier molecular flexibility index (Phi) is 3.66. The summed E-state index contributed by atoms with van der Waals surface area (Å²) < 4.78 is 5.39. The SMILES string of the molecule is Cc1cc(-c2nc(CC3CCCNC3)no2)sc1C. The largest absolute Gasteiger partial charge is 0.333 e. The maximum atomic E-state index is 5.39. The summed E-state index contributed by atoms with van der Waals surface area (Å²) in [4.78, 5) is 6.92. The Morgan fingerprint density at radius 1 is 1.47 bits per heavy atom. The van der Waals surface area contributed by atoms with Crippen molar-refractivity contribution in [3.05, 3.63) is 22.3 Å². The van der Waals surface area contributed by atoms with E-state index in [-0.39, 0.29) is 0 Å². The van der Waals surface area contributed by atoms with Gasteiger partial charge in [0.25, 0.3) is 5.89 Å². The number of hydrogen-bond acceptors (Lipinski definition) is 5. The molecule has 0 radical (unpaired) electrons. The van der Waals surface area contributed by atoms with Crippen molar-refractivity contribution >= 4 is 11.3 Å². The standard InChI is InChI=1S/C14H19N3OS/c1-9-6-12(19-10(9)2)14-16-13(17-18-14)7-11-4-3-5-15-8-11/h6,11,15H,3-5,7-8H2,1-2H3. The van der Waals surface area contributed by atoms with Crippen molar-refractivity contribution in [1.82, 2.24) is 15.5 Å². The highest BCUT2D eigenvalue weighted by atomic mass is 32.1. The Balaban J connectivity index is 1.72. The molecule has 3 heterocycles. The molecule has 1 fully saturated rings. The number of aryl methyl sites for hydroxylation is 2. The molecule has 1 unspecified atom stereocenters. The van der Waals surface area contributed by atoms with Crippen LogP contribution in [-0.4, -0.2) is 23.2 Å². The summed E-state index contributed by atoms with van der Waals surface area (Å²) in [7, 11) is 0. The van der Waals surface area contributed by atoms with E-state index in [2.05, 4.69) is 35.4 Å². The zero-order valence-corrected chi connectivity index (χ0v) is 12.2. The van der Waals surface area contributed by atoms with Crippen LogP contribution in [0.25, 0.3) is 10.8 Å². The van der Waals surface area contributed by atoms with Crippen LogP contribution in [0.15, 0.2) is 10.6 Å². The van der Waals surface area contributed by atoms with Gasteiger partial charge < -0.3 is 9.84 Å². The second-order valence-corrected chi connectivity index (χ2v) is 6.54. The van der Waals surface area contributed by atoms with Gasteiger partial charge in [-0.2, -0.15) is 4.98 Å². The number of aromatic nitrogens is 2. The lowest BCUT2D eigenvalue weighted by atomic mass is 9.96. The topological polar surface area (TPSA) is 51.0 Å².